The average molecular weight is 312 g/mol. The SMILES string of the molecule is Cc1ccccc1C[C@@H](Oc1ccccc1C(C)(C)C)C(=O)O. The van der Waals surface area contributed by atoms with Crippen LogP contribution in [0.15, 0.2) is 48.5 Å². The predicted octanol–water partition coefficient (Wildman–Crippen LogP) is 4.37. The molecule has 0 fully saturated rings. The predicted molar refractivity (Wildman–Crippen MR) is 92.1 cm³/mol. The van der Waals surface area contributed by atoms with Crippen molar-refractivity contribution >= 4 is 5.97 Å². The van der Waals surface area contributed by atoms with Gasteiger partial charge in [0.15, 0.2) is 6.10 Å². The summed E-state index contributed by atoms with van der Waals surface area (Å²) >= 11 is 0. The highest BCUT2D eigenvalue weighted by atomic mass is 16.5. The third-order valence-electron chi connectivity index (χ3n) is 3.91. The van der Waals surface area contributed by atoms with Crippen molar-refractivity contribution in [2.75, 3.05) is 0 Å². The number of hydrogen-bond acceptors (Lipinski definition) is 2. The Bertz CT molecular complexity index is 683. The topological polar surface area (TPSA) is 46.5 Å². The number of ether oxygens (including phenoxy) is 1. The second kappa shape index (κ2) is 6.86. The Morgan fingerprint density at radius 3 is 2.30 bits per heavy atom. The van der Waals surface area contributed by atoms with Crippen molar-refractivity contribution in [1.29, 1.82) is 0 Å². The molecule has 0 amide bonds. The number of rotatable bonds is 5. The van der Waals surface area contributed by atoms with Crippen molar-refractivity contribution in [2.45, 2.75) is 45.6 Å². The van der Waals surface area contributed by atoms with Gasteiger partial charge in [-0.3, -0.25) is 0 Å². The number of aliphatic carboxylic acids is 1. The fraction of sp³-hybridized carbons (Fsp3) is 0.350. The highest BCUT2D eigenvalue weighted by Gasteiger charge is 2.25. The van der Waals surface area contributed by atoms with Crippen molar-refractivity contribution in [3.8, 4) is 5.75 Å². The van der Waals surface area contributed by atoms with E-state index in [9.17, 15) is 9.90 Å². The van der Waals surface area contributed by atoms with Crippen LogP contribution in [0.2, 0.25) is 0 Å². The first-order valence-electron chi connectivity index (χ1n) is 7.82. The molecule has 0 aliphatic carbocycles. The Balaban J connectivity index is 2.28. The zero-order valence-corrected chi connectivity index (χ0v) is 14.2. The third-order valence-corrected chi connectivity index (χ3v) is 3.91. The molecule has 0 radical (unpaired) electrons. The minimum atomic E-state index is -0.947. The Morgan fingerprint density at radius 1 is 1.09 bits per heavy atom. The molecule has 23 heavy (non-hydrogen) atoms. The van der Waals surface area contributed by atoms with E-state index in [1.54, 1.807) is 0 Å². The summed E-state index contributed by atoms with van der Waals surface area (Å²) < 4.78 is 5.89. The molecule has 0 aliphatic heterocycles. The van der Waals surface area contributed by atoms with Gasteiger partial charge in [-0.25, -0.2) is 4.79 Å². The molecule has 0 bridgehead atoms. The molecule has 0 unspecified atom stereocenters. The maximum atomic E-state index is 11.7. The van der Waals surface area contributed by atoms with Gasteiger partial charge in [-0.2, -0.15) is 0 Å². The van der Waals surface area contributed by atoms with Gasteiger partial charge in [-0.05, 0) is 35.1 Å². The van der Waals surface area contributed by atoms with E-state index in [-0.39, 0.29) is 5.41 Å². The third kappa shape index (κ3) is 4.35. The van der Waals surface area contributed by atoms with Gasteiger partial charge in [0.1, 0.15) is 5.75 Å². The Morgan fingerprint density at radius 2 is 1.70 bits per heavy atom. The largest absolute Gasteiger partial charge is 0.478 e. The summed E-state index contributed by atoms with van der Waals surface area (Å²) in [5.41, 5.74) is 2.97. The van der Waals surface area contributed by atoms with Gasteiger partial charge in [0.25, 0.3) is 0 Å². The molecule has 2 rings (SSSR count). The van der Waals surface area contributed by atoms with E-state index in [4.69, 9.17) is 4.74 Å². The fourth-order valence-corrected chi connectivity index (χ4v) is 2.56. The lowest BCUT2D eigenvalue weighted by molar-refractivity contribution is -0.145. The molecule has 1 N–H and O–H groups in total. The maximum Gasteiger partial charge on any atom is 0.345 e. The van der Waals surface area contributed by atoms with Crippen LogP contribution in [0.3, 0.4) is 0 Å². The first-order chi connectivity index (χ1) is 10.8. The summed E-state index contributed by atoms with van der Waals surface area (Å²) in [6.07, 6.45) is -0.555. The van der Waals surface area contributed by atoms with E-state index in [2.05, 4.69) is 20.8 Å². The van der Waals surface area contributed by atoms with Crippen LogP contribution in [0.1, 0.15) is 37.5 Å². The Kier molecular flexibility index (Phi) is 5.09. The normalized spacial score (nSPS) is 12.7. The van der Waals surface area contributed by atoms with Gasteiger partial charge in [-0.1, -0.05) is 63.2 Å². The standard InChI is InChI=1S/C20H24O3/c1-14-9-5-6-10-15(14)13-18(19(21)22)23-17-12-8-7-11-16(17)20(2,3)4/h5-12,18H,13H2,1-4H3,(H,21,22)/t18-/m1/s1. The number of carboxylic acid groups (broad SMARTS) is 1. The van der Waals surface area contributed by atoms with Crippen LogP contribution >= 0.6 is 0 Å². The lowest BCUT2D eigenvalue weighted by atomic mass is 9.86. The van der Waals surface area contributed by atoms with Gasteiger partial charge < -0.3 is 9.84 Å². The number of carbonyl (C=O) groups is 1. The minimum Gasteiger partial charge on any atom is -0.478 e. The van der Waals surface area contributed by atoms with Crippen molar-refractivity contribution < 1.29 is 14.6 Å². The molecular weight excluding hydrogens is 288 g/mol. The highest BCUT2D eigenvalue weighted by molar-refractivity contribution is 5.73. The van der Waals surface area contributed by atoms with Gasteiger partial charge in [-0.15, -0.1) is 0 Å². The molecule has 122 valence electrons. The summed E-state index contributed by atoms with van der Waals surface area (Å²) in [6, 6.07) is 15.5. The zero-order valence-electron chi connectivity index (χ0n) is 14.2. The highest BCUT2D eigenvalue weighted by Crippen LogP contribution is 2.32. The molecule has 1 atom stereocenters. The van der Waals surface area contributed by atoms with Crippen LogP contribution in [0.25, 0.3) is 0 Å². The number of hydrogen-bond donors (Lipinski definition) is 1. The van der Waals surface area contributed by atoms with Crippen LogP contribution in [-0.2, 0) is 16.6 Å². The molecule has 2 aromatic carbocycles. The van der Waals surface area contributed by atoms with E-state index >= 15 is 0 Å². The molecule has 0 aliphatic rings. The van der Waals surface area contributed by atoms with Gasteiger partial charge in [0.2, 0.25) is 0 Å². The van der Waals surface area contributed by atoms with E-state index in [1.165, 1.54) is 0 Å². The maximum absolute atomic E-state index is 11.7. The summed E-state index contributed by atoms with van der Waals surface area (Å²) in [4.78, 5) is 11.7. The number of aryl methyl sites for hydroxylation is 1. The molecule has 0 heterocycles. The molecule has 0 spiro atoms. The first kappa shape index (κ1) is 17.1. The monoisotopic (exact) mass is 312 g/mol. The zero-order chi connectivity index (χ0) is 17.0. The van der Waals surface area contributed by atoms with E-state index < -0.39 is 12.1 Å². The van der Waals surface area contributed by atoms with E-state index in [0.29, 0.717) is 12.2 Å². The van der Waals surface area contributed by atoms with E-state index in [1.807, 2.05) is 55.5 Å². The number of benzene rings is 2. The fourth-order valence-electron chi connectivity index (χ4n) is 2.56. The van der Waals surface area contributed by atoms with Gasteiger partial charge in [0, 0.05) is 6.42 Å². The lowest BCUT2D eigenvalue weighted by Gasteiger charge is -2.25. The molecule has 0 saturated carbocycles. The molecular formula is C20H24O3. The van der Waals surface area contributed by atoms with Gasteiger partial charge >= 0.3 is 5.97 Å². The van der Waals surface area contributed by atoms with Gasteiger partial charge in [0.05, 0.1) is 0 Å². The number of para-hydroxylation sites is 1. The van der Waals surface area contributed by atoms with Crippen LogP contribution in [0.4, 0.5) is 0 Å². The van der Waals surface area contributed by atoms with Crippen LogP contribution in [0.5, 0.6) is 5.75 Å². The average Bonchev–Trinajstić information content (AvgIpc) is 2.48. The summed E-state index contributed by atoms with van der Waals surface area (Å²) in [6.45, 7) is 8.25. The summed E-state index contributed by atoms with van der Waals surface area (Å²) in [5, 5.41) is 9.56. The smallest absolute Gasteiger partial charge is 0.345 e. The number of carboxylic acids is 1. The quantitative estimate of drug-likeness (QED) is 0.892. The summed E-state index contributed by atoms with van der Waals surface area (Å²) in [5.74, 6) is -0.307. The van der Waals surface area contributed by atoms with Crippen LogP contribution in [-0.4, -0.2) is 17.2 Å². The Labute approximate surface area is 137 Å². The molecule has 2 aromatic rings. The minimum absolute atomic E-state index is 0.109. The van der Waals surface area contributed by atoms with Crippen molar-refractivity contribution in [2.24, 2.45) is 0 Å². The van der Waals surface area contributed by atoms with E-state index in [0.717, 1.165) is 16.7 Å². The van der Waals surface area contributed by atoms with Crippen molar-refractivity contribution in [3.05, 3.63) is 65.2 Å². The van der Waals surface area contributed by atoms with Crippen molar-refractivity contribution in [3.63, 3.8) is 0 Å². The first-order valence-corrected chi connectivity index (χ1v) is 7.82. The molecule has 0 aromatic heterocycles. The van der Waals surface area contributed by atoms with Crippen LogP contribution < -0.4 is 4.74 Å². The second-order valence-electron chi connectivity index (χ2n) is 6.82. The molecule has 3 heteroatoms. The lowest BCUT2D eigenvalue weighted by Crippen LogP contribution is -2.30. The molecule has 0 saturated heterocycles. The molecule has 3 nitrogen and oxygen atoms in total. The summed E-state index contributed by atoms with van der Waals surface area (Å²) in [7, 11) is 0. The Hall–Kier alpha value is -2.29. The van der Waals surface area contributed by atoms with Crippen LogP contribution in [0, 0.1) is 6.92 Å². The second-order valence-corrected chi connectivity index (χ2v) is 6.82. The van der Waals surface area contributed by atoms with Crippen molar-refractivity contribution in [1.82, 2.24) is 0 Å².